The van der Waals surface area contributed by atoms with Gasteiger partial charge in [-0.3, -0.25) is 4.79 Å². The van der Waals surface area contributed by atoms with Gasteiger partial charge < -0.3 is 9.73 Å². The average Bonchev–Trinajstić information content (AvgIpc) is 2.77. The van der Waals surface area contributed by atoms with E-state index in [0.717, 1.165) is 0 Å². The first-order valence-corrected chi connectivity index (χ1v) is 4.91. The minimum atomic E-state index is -0.293. The van der Waals surface area contributed by atoms with Gasteiger partial charge in [-0.25, -0.2) is 4.98 Å². The van der Waals surface area contributed by atoms with Crippen LogP contribution >= 0.6 is 0 Å². The van der Waals surface area contributed by atoms with Gasteiger partial charge in [0.15, 0.2) is 0 Å². The number of nitrogens with zero attached hydrogens (tertiary/aromatic N) is 2. The van der Waals surface area contributed by atoms with Gasteiger partial charge in [0.2, 0.25) is 0 Å². The molecule has 2 aromatic heterocycles. The number of carbonyl (C=O) groups excluding carboxylic acids is 1. The molecule has 0 saturated carbocycles. The van der Waals surface area contributed by atoms with E-state index < -0.39 is 0 Å². The molecule has 0 aliphatic carbocycles. The molecule has 2 rings (SSSR count). The molecule has 0 aromatic carbocycles. The number of aryl methyl sites for hydroxylation is 1. The maximum absolute atomic E-state index is 11.7. The predicted molar refractivity (Wildman–Crippen MR) is 60.4 cm³/mol. The first-order chi connectivity index (χ1) is 8.19. The fourth-order valence-electron chi connectivity index (χ4n) is 1.28. The molecule has 0 fully saturated rings. The van der Waals surface area contributed by atoms with Gasteiger partial charge in [0, 0.05) is 6.20 Å². The van der Waals surface area contributed by atoms with Crippen LogP contribution in [0.1, 0.15) is 21.7 Å². The number of amides is 1. The summed E-state index contributed by atoms with van der Waals surface area (Å²) in [4.78, 5) is 15.6. The standard InChI is InChI=1S/C12H9N3O2/c1-8-4-10(7-17-8)12(16)15-11-3-2-9(5-13)6-14-11/h2-4,6-7H,1H3,(H,14,15,16). The second-order valence-corrected chi connectivity index (χ2v) is 3.44. The number of nitrogens with one attached hydrogen (secondary N) is 1. The number of aromatic nitrogens is 1. The molecule has 1 N–H and O–H groups in total. The fraction of sp³-hybridized carbons (Fsp3) is 0.0833. The number of nitriles is 1. The van der Waals surface area contributed by atoms with Crippen LogP contribution in [0.3, 0.4) is 0 Å². The van der Waals surface area contributed by atoms with E-state index in [1.165, 1.54) is 12.5 Å². The van der Waals surface area contributed by atoms with Crippen molar-refractivity contribution in [2.75, 3.05) is 5.32 Å². The third kappa shape index (κ3) is 2.49. The van der Waals surface area contributed by atoms with Crippen LogP contribution in [0.25, 0.3) is 0 Å². The van der Waals surface area contributed by atoms with Crippen molar-refractivity contribution in [3.05, 3.63) is 47.5 Å². The Morgan fingerprint density at radius 3 is 2.88 bits per heavy atom. The third-order valence-electron chi connectivity index (χ3n) is 2.13. The molecule has 2 aromatic rings. The normalized spacial score (nSPS) is 9.65. The number of carbonyl (C=O) groups is 1. The van der Waals surface area contributed by atoms with Gasteiger partial charge >= 0.3 is 0 Å². The minimum absolute atomic E-state index is 0.293. The lowest BCUT2D eigenvalue weighted by molar-refractivity contribution is 0.102. The Morgan fingerprint density at radius 2 is 2.35 bits per heavy atom. The maximum atomic E-state index is 11.7. The highest BCUT2D eigenvalue weighted by molar-refractivity contribution is 6.03. The minimum Gasteiger partial charge on any atom is -0.469 e. The maximum Gasteiger partial charge on any atom is 0.260 e. The number of hydrogen-bond acceptors (Lipinski definition) is 4. The summed E-state index contributed by atoms with van der Waals surface area (Å²) in [6.45, 7) is 1.76. The second kappa shape index (κ2) is 4.49. The molecular formula is C12H9N3O2. The molecule has 0 aliphatic heterocycles. The molecule has 84 valence electrons. The van der Waals surface area contributed by atoms with Crippen molar-refractivity contribution in [3.63, 3.8) is 0 Å². The zero-order chi connectivity index (χ0) is 12.3. The summed E-state index contributed by atoms with van der Waals surface area (Å²) in [6.07, 6.45) is 2.78. The van der Waals surface area contributed by atoms with Crippen molar-refractivity contribution >= 4 is 11.7 Å². The molecule has 2 heterocycles. The van der Waals surface area contributed by atoms with E-state index in [1.54, 1.807) is 25.1 Å². The quantitative estimate of drug-likeness (QED) is 0.852. The molecule has 0 bridgehead atoms. The van der Waals surface area contributed by atoms with Crippen LogP contribution in [0.4, 0.5) is 5.82 Å². The number of anilines is 1. The smallest absolute Gasteiger partial charge is 0.260 e. The zero-order valence-corrected chi connectivity index (χ0v) is 9.10. The monoisotopic (exact) mass is 227 g/mol. The van der Waals surface area contributed by atoms with Gasteiger partial charge in [-0.15, -0.1) is 0 Å². The molecule has 17 heavy (non-hydrogen) atoms. The van der Waals surface area contributed by atoms with Gasteiger partial charge in [-0.05, 0) is 25.1 Å². The van der Waals surface area contributed by atoms with Gasteiger partial charge in [0.1, 0.15) is 23.9 Å². The van der Waals surface area contributed by atoms with Crippen LogP contribution in [-0.2, 0) is 0 Å². The zero-order valence-electron chi connectivity index (χ0n) is 9.10. The summed E-state index contributed by atoms with van der Waals surface area (Å²) in [5, 5.41) is 11.2. The van der Waals surface area contributed by atoms with Crippen molar-refractivity contribution in [1.29, 1.82) is 5.26 Å². The lowest BCUT2D eigenvalue weighted by Gasteiger charge is -2.01. The molecule has 0 radical (unpaired) electrons. The van der Waals surface area contributed by atoms with E-state index in [1.807, 2.05) is 6.07 Å². The fourth-order valence-corrected chi connectivity index (χ4v) is 1.28. The summed E-state index contributed by atoms with van der Waals surface area (Å²) in [7, 11) is 0. The van der Waals surface area contributed by atoms with E-state index in [-0.39, 0.29) is 5.91 Å². The first kappa shape index (κ1) is 10.9. The number of pyridine rings is 1. The number of hydrogen-bond donors (Lipinski definition) is 1. The van der Waals surface area contributed by atoms with Crippen LogP contribution in [0.5, 0.6) is 0 Å². The molecule has 0 atom stereocenters. The predicted octanol–water partition coefficient (Wildman–Crippen LogP) is 2.11. The van der Waals surface area contributed by atoms with Crippen LogP contribution < -0.4 is 5.32 Å². The van der Waals surface area contributed by atoms with E-state index in [9.17, 15) is 4.79 Å². The molecule has 5 heteroatoms. The lowest BCUT2D eigenvalue weighted by Crippen LogP contribution is -2.11. The van der Waals surface area contributed by atoms with E-state index in [0.29, 0.717) is 22.7 Å². The number of furan rings is 1. The topological polar surface area (TPSA) is 78.9 Å². The molecule has 1 amide bonds. The van der Waals surface area contributed by atoms with Crippen molar-refractivity contribution in [2.24, 2.45) is 0 Å². The average molecular weight is 227 g/mol. The summed E-state index contributed by atoms with van der Waals surface area (Å²) in [6, 6.07) is 6.75. The Morgan fingerprint density at radius 1 is 1.53 bits per heavy atom. The third-order valence-corrected chi connectivity index (χ3v) is 2.13. The van der Waals surface area contributed by atoms with Crippen molar-refractivity contribution < 1.29 is 9.21 Å². The second-order valence-electron chi connectivity index (χ2n) is 3.44. The highest BCUT2D eigenvalue weighted by atomic mass is 16.3. The molecule has 0 spiro atoms. The number of rotatable bonds is 2. The van der Waals surface area contributed by atoms with Gasteiger partial charge in [-0.1, -0.05) is 0 Å². The van der Waals surface area contributed by atoms with Gasteiger partial charge in [0.25, 0.3) is 5.91 Å². The Balaban J connectivity index is 2.11. The van der Waals surface area contributed by atoms with Crippen LogP contribution in [0.15, 0.2) is 35.1 Å². The van der Waals surface area contributed by atoms with Crippen molar-refractivity contribution in [2.45, 2.75) is 6.92 Å². The molecule has 0 unspecified atom stereocenters. The van der Waals surface area contributed by atoms with E-state index in [2.05, 4.69) is 10.3 Å². The van der Waals surface area contributed by atoms with Crippen molar-refractivity contribution in [1.82, 2.24) is 4.98 Å². The summed E-state index contributed by atoms with van der Waals surface area (Å²) >= 11 is 0. The SMILES string of the molecule is Cc1cc(C(=O)Nc2ccc(C#N)cn2)co1. The summed E-state index contributed by atoms with van der Waals surface area (Å²) in [5.41, 5.74) is 0.885. The first-order valence-electron chi connectivity index (χ1n) is 4.91. The van der Waals surface area contributed by atoms with Crippen LogP contribution in [0.2, 0.25) is 0 Å². The highest BCUT2D eigenvalue weighted by Crippen LogP contribution is 2.10. The molecule has 0 aliphatic rings. The van der Waals surface area contributed by atoms with E-state index in [4.69, 9.17) is 9.68 Å². The summed E-state index contributed by atoms with van der Waals surface area (Å²) < 4.78 is 5.04. The van der Waals surface area contributed by atoms with Gasteiger partial charge in [-0.2, -0.15) is 5.26 Å². The van der Waals surface area contributed by atoms with Gasteiger partial charge in [0.05, 0.1) is 11.1 Å². The van der Waals surface area contributed by atoms with Crippen LogP contribution in [0, 0.1) is 18.3 Å². The summed E-state index contributed by atoms with van der Waals surface area (Å²) in [5.74, 6) is 0.773. The van der Waals surface area contributed by atoms with Crippen LogP contribution in [-0.4, -0.2) is 10.9 Å². The molecule has 5 nitrogen and oxygen atoms in total. The van der Waals surface area contributed by atoms with E-state index >= 15 is 0 Å². The highest BCUT2D eigenvalue weighted by Gasteiger charge is 2.09. The Hall–Kier alpha value is -2.61. The Labute approximate surface area is 97.7 Å². The van der Waals surface area contributed by atoms with Crippen molar-refractivity contribution in [3.8, 4) is 6.07 Å². The largest absolute Gasteiger partial charge is 0.469 e. The Bertz CT molecular complexity index is 579. The lowest BCUT2D eigenvalue weighted by atomic mass is 10.3. The molecular weight excluding hydrogens is 218 g/mol. The molecule has 0 saturated heterocycles. The Kier molecular flexibility index (Phi) is 2.88.